The Morgan fingerprint density at radius 2 is 2.18 bits per heavy atom. The molecule has 0 N–H and O–H groups in total. The summed E-state index contributed by atoms with van der Waals surface area (Å²) >= 11 is 1.48. The van der Waals surface area contributed by atoms with Crippen molar-refractivity contribution >= 4 is 17.7 Å². The number of nitrogens with zero attached hydrogens (tertiary/aromatic N) is 4. The summed E-state index contributed by atoms with van der Waals surface area (Å²) in [6.45, 7) is 6.58. The van der Waals surface area contributed by atoms with Crippen molar-refractivity contribution in [2.24, 2.45) is 0 Å². The predicted octanol–water partition coefficient (Wildman–Crippen LogP) is 2.57. The van der Waals surface area contributed by atoms with Crippen LogP contribution in [0.4, 0.5) is 0 Å². The van der Waals surface area contributed by atoms with Crippen LogP contribution in [0.2, 0.25) is 0 Å². The standard InChI is InChI=1S/C15H18N4O2S/c1-3-10-19-14(12-5-8-16-9-6-12)17-18-15(19)22-11-7-13(20)21-4-2/h3,5-6,8-9H,1,4,7,10-11H2,2H3. The molecule has 0 radical (unpaired) electrons. The summed E-state index contributed by atoms with van der Waals surface area (Å²) in [5.74, 6) is 1.17. The molecule has 0 aliphatic heterocycles. The molecule has 2 aromatic rings. The van der Waals surface area contributed by atoms with E-state index in [-0.39, 0.29) is 5.97 Å². The van der Waals surface area contributed by atoms with Crippen LogP contribution in [0.25, 0.3) is 11.4 Å². The Labute approximate surface area is 133 Å². The minimum Gasteiger partial charge on any atom is -0.466 e. The predicted molar refractivity (Wildman–Crippen MR) is 85.4 cm³/mol. The van der Waals surface area contributed by atoms with E-state index in [9.17, 15) is 4.79 Å². The van der Waals surface area contributed by atoms with Gasteiger partial charge in [-0.3, -0.25) is 14.3 Å². The lowest BCUT2D eigenvalue weighted by atomic mass is 10.2. The zero-order valence-electron chi connectivity index (χ0n) is 12.4. The van der Waals surface area contributed by atoms with Crippen LogP contribution in [0.3, 0.4) is 0 Å². The highest BCUT2D eigenvalue weighted by Gasteiger charge is 2.14. The van der Waals surface area contributed by atoms with Gasteiger partial charge >= 0.3 is 5.97 Å². The van der Waals surface area contributed by atoms with Crippen LogP contribution in [-0.2, 0) is 16.1 Å². The Morgan fingerprint density at radius 3 is 2.86 bits per heavy atom. The van der Waals surface area contributed by atoms with E-state index in [1.807, 2.05) is 16.7 Å². The molecule has 0 amide bonds. The zero-order chi connectivity index (χ0) is 15.8. The molecule has 0 aromatic carbocycles. The van der Waals surface area contributed by atoms with Crippen molar-refractivity contribution in [2.45, 2.75) is 25.0 Å². The number of esters is 1. The number of allylic oxidation sites excluding steroid dienone is 1. The van der Waals surface area contributed by atoms with Gasteiger partial charge in [0.2, 0.25) is 0 Å². The summed E-state index contributed by atoms with van der Waals surface area (Å²) < 4.78 is 6.88. The van der Waals surface area contributed by atoms with Gasteiger partial charge in [-0.15, -0.1) is 16.8 Å². The molecular formula is C15H18N4O2S. The van der Waals surface area contributed by atoms with Gasteiger partial charge in [0.1, 0.15) is 0 Å². The summed E-state index contributed by atoms with van der Waals surface area (Å²) in [5, 5.41) is 9.21. The molecule has 2 aromatic heterocycles. The first-order valence-corrected chi connectivity index (χ1v) is 7.97. The van der Waals surface area contributed by atoms with E-state index in [2.05, 4.69) is 21.8 Å². The highest BCUT2D eigenvalue weighted by molar-refractivity contribution is 7.99. The van der Waals surface area contributed by atoms with E-state index >= 15 is 0 Å². The quantitative estimate of drug-likeness (QED) is 0.423. The summed E-state index contributed by atoms with van der Waals surface area (Å²) in [4.78, 5) is 15.4. The minimum atomic E-state index is -0.195. The summed E-state index contributed by atoms with van der Waals surface area (Å²) in [7, 11) is 0. The Balaban J connectivity index is 2.10. The summed E-state index contributed by atoms with van der Waals surface area (Å²) in [6.07, 6.45) is 5.58. The lowest BCUT2D eigenvalue weighted by molar-refractivity contribution is -0.142. The van der Waals surface area contributed by atoms with Gasteiger partial charge in [-0.2, -0.15) is 0 Å². The lowest BCUT2D eigenvalue weighted by Crippen LogP contribution is -2.06. The smallest absolute Gasteiger partial charge is 0.306 e. The van der Waals surface area contributed by atoms with Crippen LogP contribution in [0, 0.1) is 0 Å². The molecule has 0 bridgehead atoms. The van der Waals surface area contributed by atoms with Crippen molar-refractivity contribution in [3.63, 3.8) is 0 Å². The van der Waals surface area contributed by atoms with E-state index < -0.39 is 0 Å². The van der Waals surface area contributed by atoms with Crippen LogP contribution in [0.5, 0.6) is 0 Å². The van der Waals surface area contributed by atoms with Crippen LogP contribution in [-0.4, -0.2) is 38.1 Å². The summed E-state index contributed by atoms with van der Waals surface area (Å²) in [6, 6.07) is 3.77. The van der Waals surface area contributed by atoms with Crippen molar-refractivity contribution in [1.82, 2.24) is 19.7 Å². The van der Waals surface area contributed by atoms with Crippen LogP contribution in [0.1, 0.15) is 13.3 Å². The van der Waals surface area contributed by atoms with Crippen molar-refractivity contribution in [1.29, 1.82) is 0 Å². The van der Waals surface area contributed by atoms with E-state index in [1.165, 1.54) is 11.8 Å². The van der Waals surface area contributed by atoms with E-state index in [0.717, 1.165) is 16.5 Å². The van der Waals surface area contributed by atoms with Crippen LogP contribution in [0.15, 0.2) is 42.3 Å². The molecule has 22 heavy (non-hydrogen) atoms. The molecule has 0 atom stereocenters. The summed E-state index contributed by atoms with van der Waals surface area (Å²) in [5.41, 5.74) is 0.946. The molecule has 0 aliphatic rings. The maximum atomic E-state index is 11.4. The Morgan fingerprint density at radius 1 is 1.41 bits per heavy atom. The molecule has 2 rings (SSSR count). The van der Waals surface area contributed by atoms with Gasteiger partial charge in [0.15, 0.2) is 11.0 Å². The molecular weight excluding hydrogens is 300 g/mol. The molecule has 116 valence electrons. The van der Waals surface area contributed by atoms with Crippen LogP contribution >= 0.6 is 11.8 Å². The fourth-order valence-corrected chi connectivity index (χ4v) is 2.73. The fourth-order valence-electron chi connectivity index (χ4n) is 1.86. The van der Waals surface area contributed by atoms with Gasteiger partial charge in [0.25, 0.3) is 0 Å². The second-order valence-electron chi connectivity index (χ2n) is 4.34. The van der Waals surface area contributed by atoms with Crippen LogP contribution < -0.4 is 0 Å². The molecule has 0 aliphatic carbocycles. The maximum Gasteiger partial charge on any atom is 0.306 e. The van der Waals surface area contributed by atoms with Crippen molar-refractivity contribution in [2.75, 3.05) is 12.4 Å². The third-order valence-electron chi connectivity index (χ3n) is 2.81. The van der Waals surface area contributed by atoms with Gasteiger partial charge in [0.05, 0.1) is 13.0 Å². The number of carbonyl (C=O) groups is 1. The van der Waals surface area contributed by atoms with E-state index in [1.54, 1.807) is 25.4 Å². The lowest BCUT2D eigenvalue weighted by Gasteiger charge is -2.07. The third kappa shape index (κ3) is 4.17. The van der Waals surface area contributed by atoms with Gasteiger partial charge in [0, 0.05) is 30.3 Å². The highest BCUT2D eigenvalue weighted by Crippen LogP contribution is 2.24. The van der Waals surface area contributed by atoms with Crippen molar-refractivity contribution in [3.05, 3.63) is 37.2 Å². The Bertz CT molecular complexity index is 628. The molecule has 0 saturated heterocycles. The third-order valence-corrected chi connectivity index (χ3v) is 3.78. The average Bonchev–Trinajstić information content (AvgIpc) is 2.92. The number of carbonyl (C=O) groups excluding carboxylic acids is 1. The minimum absolute atomic E-state index is 0.195. The number of thioether (sulfide) groups is 1. The van der Waals surface area contributed by atoms with Crippen molar-refractivity contribution in [3.8, 4) is 11.4 Å². The van der Waals surface area contributed by atoms with Gasteiger partial charge < -0.3 is 4.74 Å². The second-order valence-corrected chi connectivity index (χ2v) is 5.41. The zero-order valence-corrected chi connectivity index (χ0v) is 13.3. The van der Waals surface area contributed by atoms with Crippen molar-refractivity contribution < 1.29 is 9.53 Å². The Kier molecular flexibility index (Phi) is 6.14. The average molecular weight is 318 g/mol. The Hall–Kier alpha value is -2.15. The number of hydrogen-bond donors (Lipinski definition) is 0. The van der Waals surface area contributed by atoms with Gasteiger partial charge in [-0.25, -0.2) is 0 Å². The first-order valence-electron chi connectivity index (χ1n) is 6.99. The molecule has 0 unspecified atom stereocenters. The number of pyridine rings is 1. The van der Waals surface area contributed by atoms with E-state index in [0.29, 0.717) is 25.3 Å². The highest BCUT2D eigenvalue weighted by atomic mass is 32.2. The fraction of sp³-hybridized carbons (Fsp3) is 0.333. The SMILES string of the molecule is C=CCn1c(SCCC(=O)OCC)nnc1-c1ccncc1. The number of aromatic nitrogens is 4. The topological polar surface area (TPSA) is 69.9 Å². The van der Waals surface area contributed by atoms with Gasteiger partial charge in [-0.05, 0) is 19.1 Å². The van der Waals surface area contributed by atoms with E-state index in [4.69, 9.17) is 4.74 Å². The maximum absolute atomic E-state index is 11.4. The molecule has 0 saturated carbocycles. The molecule has 0 spiro atoms. The first kappa shape index (κ1) is 16.2. The largest absolute Gasteiger partial charge is 0.466 e. The monoisotopic (exact) mass is 318 g/mol. The van der Waals surface area contributed by atoms with Gasteiger partial charge in [-0.1, -0.05) is 17.8 Å². The molecule has 7 heteroatoms. The molecule has 2 heterocycles. The number of ether oxygens (including phenoxy) is 1. The number of rotatable bonds is 8. The second kappa shape index (κ2) is 8.33. The molecule has 6 nitrogen and oxygen atoms in total. The normalized spacial score (nSPS) is 10.4. The number of hydrogen-bond acceptors (Lipinski definition) is 6. The first-order chi connectivity index (χ1) is 10.8. The molecule has 0 fully saturated rings.